The maximum Gasteiger partial charge on any atom is 0.123 e. The minimum atomic E-state index is 0.328. The summed E-state index contributed by atoms with van der Waals surface area (Å²) >= 11 is 2.01. The van der Waals surface area contributed by atoms with Gasteiger partial charge in [-0.25, -0.2) is 0 Å². The molecule has 1 saturated heterocycles. The van der Waals surface area contributed by atoms with Crippen molar-refractivity contribution in [2.45, 2.75) is 37.7 Å². The van der Waals surface area contributed by atoms with E-state index in [2.05, 4.69) is 31.3 Å². The largest absolute Gasteiger partial charge is 0.496 e. The Labute approximate surface area is 126 Å². The molecule has 4 heteroatoms. The number of rotatable bonds is 7. The van der Waals surface area contributed by atoms with E-state index in [4.69, 9.17) is 9.47 Å². The van der Waals surface area contributed by atoms with Crippen LogP contribution in [-0.2, 0) is 4.74 Å². The van der Waals surface area contributed by atoms with Gasteiger partial charge in [0.05, 0.1) is 13.2 Å². The number of ether oxygens (including phenoxy) is 2. The third-order valence-electron chi connectivity index (χ3n) is 3.75. The molecule has 1 N–H and O–H groups in total. The molecule has 1 aliphatic rings. The van der Waals surface area contributed by atoms with Crippen LogP contribution in [0, 0.1) is 0 Å². The Hall–Kier alpha value is -0.710. The molecule has 1 aliphatic heterocycles. The zero-order valence-electron chi connectivity index (χ0n) is 12.6. The van der Waals surface area contributed by atoms with Crippen LogP contribution in [0.15, 0.2) is 24.3 Å². The number of nitrogens with one attached hydrogen (secondary N) is 1. The van der Waals surface area contributed by atoms with Crippen LogP contribution in [0.5, 0.6) is 5.75 Å². The highest BCUT2D eigenvalue weighted by molar-refractivity contribution is 8.00. The lowest BCUT2D eigenvalue weighted by Crippen LogP contribution is -2.25. The summed E-state index contributed by atoms with van der Waals surface area (Å²) in [5, 5.41) is 4.19. The van der Waals surface area contributed by atoms with Crippen LogP contribution in [0.25, 0.3) is 0 Å². The second-order valence-corrected chi connectivity index (χ2v) is 6.36. The number of hydrogen-bond acceptors (Lipinski definition) is 4. The maximum atomic E-state index is 5.64. The summed E-state index contributed by atoms with van der Waals surface area (Å²) in [7, 11) is 1.74. The fraction of sp³-hybridized carbons (Fsp3) is 0.625. The van der Waals surface area contributed by atoms with Crippen molar-refractivity contribution in [3.63, 3.8) is 0 Å². The second kappa shape index (κ2) is 7.91. The van der Waals surface area contributed by atoms with Crippen LogP contribution < -0.4 is 10.1 Å². The molecule has 0 amide bonds. The average Bonchev–Trinajstić information content (AvgIpc) is 2.89. The van der Waals surface area contributed by atoms with Gasteiger partial charge in [-0.3, -0.25) is 0 Å². The molecule has 1 fully saturated rings. The lowest BCUT2D eigenvalue weighted by Gasteiger charge is -2.22. The summed E-state index contributed by atoms with van der Waals surface area (Å²) in [6.45, 7) is 6.18. The molecule has 0 bridgehead atoms. The van der Waals surface area contributed by atoms with Gasteiger partial charge in [0.25, 0.3) is 0 Å². The molecule has 1 aromatic rings. The zero-order valence-corrected chi connectivity index (χ0v) is 13.4. The van der Waals surface area contributed by atoms with Crippen LogP contribution in [0.4, 0.5) is 0 Å². The fourth-order valence-corrected chi connectivity index (χ4v) is 3.96. The van der Waals surface area contributed by atoms with Gasteiger partial charge in [0.2, 0.25) is 0 Å². The quantitative estimate of drug-likeness (QED) is 0.836. The molecule has 0 spiro atoms. The molecule has 112 valence electrons. The van der Waals surface area contributed by atoms with E-state index in [0.717, 1.165) is 31.1 Å². The highest BCUT2D eigenvalue weighted by Crippen LogP contribution is 2.32. The summed E-state index contributed by atoms with van der Waals surface area (Å²) in [5.74, 6) is 2.02. The first-order chi connectivity index (χ1) is 9.76. The van der Waals surface area contributed by atoms with Gasteiger partial charge in [0, 0.05) is 29.2 Å². The molecule has 1 aromatic carbocycles. The van der Waals surface area contributed by atoms with Crippen molar-refractivity contribution in [1.82, 2.24) is 5.32 Å². The molecular formula is C16H25NO2S. The Morgan fingerprint density at radius 3 is 2.90 bits per heavy atom. The molecule has 20 heavy (non-hydrogen) atoms. The number of hydrogen-bond donors (Lipinski definition) is 1. The number of para-hydroxylation sites is 1. The molecule has 1 heterocycles. The molecular weight excluding hydrogens is 270 g/mol. The van der Waals surface area contributed by atoms with E-state index in [1.54, 1.807) is 7.11 Å². The Morgan fingerprint density at radius 1 is 1.45 bits per heavy atom. The van der Waals surface area contributed by atoms with Crippen molar-refractivity contribution in [2.24, 2.45) is 0 Å². The van der Waals surface area contributed by atoms with Crippen LogP contribution in [0.3, 0.4) is 0 Å². The molecule has 3 atom stereocenters. The van der Waals surface area contributed by atoms with E-state index in [1.165, 1.54) is 5.56 Å². The topological polar surface area (TPSA) is 30.5 Å². The Kier molecular flexibility index (Phi) is 6.20. The number of thioether (sulfide) groups is 1. The Bertz CT molecular complexity index is 413. The summed E-state index contributed by atoms with van der Waals surface area (Å²) in [4.78, 5) is 0. The van der Waals surface area contributed by atoms with Crippen LogP contribution in [0.1, 0.15) is 31.9 Å². The standard InChI is InChI=1S/C16H25NO2S/c1-4-17-14(11-20-16-9-10-19-12(16)2)13-7-5-6-8-15(13)18-3/h5-8,12,14,16-17H,4,9-11H2,1-3H3. The smallest absolute Gasteiger partial charge is 0.123 e. The van der Waals surface area contributed by atoms with Crippen molar-refractivity contribution < 1.29 is 9.47 Å². The molecule has 3 nitrogen and oxygen atoms in total. The van der Waals surface area contributed by atoms with Crippen molar-refractivity contribution in [1.29, 1.82) is 0 Å². The minimum absolute atomic E-state index is 0.328. The van der Waals surface area contributed by atoms with Gasteiger partial charge in [-0.15, -0.1) is 0 Å². The zero-order chi connectivity index (χ0) is 14.4. The lowest BCUT2D eigenvalue weighted by molar-refractivity contribution is 0.127. The van der Waals surface area contributed by atoms with Gasteiger partial charge in [0.1, 0.15) is 5.75 Å². The summed E-state index contributed by atoms with van der Waals surface area (Å²) in [6, 6.07) is 8.61. The summed E-state index contributed by atoms with van der Waals surface area (Å²) in [6.07, 6.45) is 1.54. The van der Waals surface area contributed by atoms with E-state index in [-0.39, 0.29) is 0 Å². The van der Waals surface area contributed by atoms with Crippen LogP contribution >= 0.6 is 11.8 Å². The first kappa shape index (κ1) is 15.7. The number of methoxy groups -OCH3 is 1. The van der Waals surface area contributed by atoms with Gasteiger partial charge in [-0.1, -0.05) is 25.1 Å². The van der Waals surface area contributed by atoms with E-state index < -0.39 is 0 Å². The predicted octanol–water partition coefficient (Wildman–Crippen LogP) is 3.26. The third-order valence-corrected chi connectivity index (χ3v) is 5.32. The van der Waals surface area contributed by atoms with Crippen LogP contribution in [0.2, 0.25) is 0 Å². The Balaban J connectivity index is 2.02. The SMILES string of the molecule is CCNC(CSC1CCOC1C)c1ccccc1OC. The average molecular weight is 295 g/mol. The minimum Gasteiger partial charge on any atom is -0.496 e. The fourth-order valence-electron chi connectivity index (χ4n) is 2.61. The van der Waals surface area contributed by atoms with Gasteiger partial charge in [-0.05, 0) is 26.0 Å². The lowest BCUT2D eigenvalue weighted by atomic mass is 10.1. The van der Waals surface area contributed by atoms with Gasteiger partial charge in [0.15, 0.2) is 0 Å². The number of benzene rings is 1. The maximum absolute atomic E-state index is 5.64. The highest BCUT2D eigenvalue weighted by Gasteiger charge is 2.26. The van der Waals surface area contributed by atoms with Crippen molar-refractivity contribution >= 4 is 11.8 Å². The van der Waals surface area contributed by atoms with E-state index in [9.17, 15) is 0 Å². The summed E-state index contributed by atoms with van der Waals surface area (Å²) in [5.41, 5.74) is 1.25. The van der Waals surface area contributed by atoms with Gasteiger partial charge < -0.3 is 14.8 Å². The first-order valence-electron chi connectivity index (χ1n) is 7.35. The normalized spacial score (nSPS) is 23.8. The van der Waals surface area contributed by atoms with Gasteiger partial charge >= 0.3 is 0 Å². The molecule has 0 aromatic heterocycles. The molecule has 0 saturated carbocycles. The Morgan fingerprint density at radius 2 is 2.25 bits per heavy atom. The molecule has 0 radical (unpaired) electrons. The van der Waals surface area contributed by atoms with Crippen molar-refractivity contribution in [2.75, 3.05) is 26.0 Å². The van der Waals surface area contributed by atoms with E-state index >= 15 is 0 Å². The molecule has 3 unspecified atom stereocenters. The van der Waals surface area contributed by atoms with Crippen LogP contribution in [-0.4, -0.2) is 37.4 Å². The highest BCUT2D eigenvalue weighted by atomic mass is 32.2. The van der Waals surface area contributed by atoms with E-state index in [1.807, 2.05) is 23.9 Å². The second-order valence-electron chi connectivity index (χ2n) is 5.09. The predicted molar refractivity (Wildman–Crippen MR) is 85.7 cm³/mol. The van der Waals surface area contributed by atoms with E-state index in [0.29, 0.717) is 17.4 Å². The monoisotopic (exact) mass is 295 g/mol. The third kappa shape index (κ3) is 3.90. The first-order valence-corrected chi connectivity index (χ1v) is 8.40. The van der Waals surface area contributed by atoms with Gasteiger partial charge in [-0.2, -0.15) is 11.8 Å². The van der Waals surface area contributed by atoms with Crippen molar-refractivity contribution in [3.05, 3.63) is 29.8 Å². The summed E-state index contributed by atoms with van der Waals surface area (Å²) < 4.78 is 11.1. The molecule has 2 rings (SSSR count). The van der Waals surface area contributed by atoms with Crippen molar-refractivity contribution in [3.8, 4) is 5.75 Å². The molecule has 0 aliphatic carbocycles.